The maximum absolute atomic E-state index is 4.61. The summed E-state index contributed by atoms with van der Waals surface area (Å²) in [5, 5.41) is 7.26. The molecule has 1 aliphatic carbocycles. The molecule has 0 atom stereocenters. The molecule has 1 saturated carbocycles. The van der Waals surface area contributed by atoms with Gasteiger partial charge in [-0.25, -0.2) is 4.98 Å². The van der Waals surface area contributed by atoms with Crippen LogP contribution in [-0.4, -0.2) is 35.1 Å². The van der Waals surface area contributed by atoms with Crippen LogP contribution in [0.1, 0.15) is 42.8 Å². The van der Waals surface area contributed by atoms with E-state index < -0.39 is 0 Å². The minimum atomic E-state index is 0.419. The van der Waals surface area contributed by atoms with E-state index >= 15 is 0 Å². The van der Waals surface area contributed by atoms with Crippen molar-refractivity contribution in [2.75, 3.05) is 19.6 Å². The van der Waals surface area contributed by atoms with Crippen molar-refractivity contribution < 1.29 is 0 Å². The van der Waals surface area contributed by atoms with Gasteiger partial charge in [-0.15, -0.1) is 11.3 Å². The fourth-order valence-electron chi connectivity index (χ4n) is 3.41. The van der Waals surface area contributed by atoms with Gasteiger partial charge in [0, 0.05) is 23.2 Å². The van der Waals surface area contributed by atoms with Gasteiger partial charge in [-0.1, -0.05) is 12.8 Å². The largest absolute Gasteiger partial charge is 0.310 e. The number of nitrogens with one attached hydrogen (secondary N) is 1. The molecule has 1 spiro atoms. The molecule has 1 aliphatic heterocycles. The van der Waals surface area contributed by atoms with Crippen LogP contribution in [-0.2, 0) is 6.54 Å². The topological polar surface area (TPSA) is 28.2 Å². The summed E-state index contributed by atoms with van der Waals surface area (Å²) in [4.78, 5) is 7.22. The van der Waals surface area contributed by atoms with Crippen molar-refractivity contribution in [3.8, 4) is 0 Å². The van der Waals surface area contributed by atoms with Crippen LogP contribution in [0.3, 0.4) is 0 Å². The van der Waals surface area contributed by atoms with Gasteiger partial charge in [0.05, 0.1) is 6.54 Å². The highest BCUT2D eigenvalue weighted by Gasteiger charge is 2.36. The van der Waals surface area contributed by atoms with Crippen LogP contribution in [0.4, 0.5) is 0 Å². The van der Waals surface area contributed by atoms with E-state index in [2.05, 4.69) is 27.5 Å². The number of aromatic nitrogens is 1. The Morgan fingerprint density at radius 1 is 1.39 bits per heavy atom. The molecule has 0 bridgehead atoms. The van der Waals surface area contributed by atoms with E-state index in [1.807, 2.05) is 11.3 Å². The minimum absolute atomic E-state index is 0.419. The maximum atomic E-state index is 4.61. The summed E-state index contributed by atoms with van der Waals surface area (Å²) in [6.07, 6.45) is 6.79. The number of hydrogen-bond donors (Lipinski definition) is 1. The van der Waals surface area contributed by atoms with Gasteiger partial charge in [0.2, 0.25) is 0 Å². The van der Waals surface area contributed by atoms with E-state index in [1.54, 1.807) is 0 Å². The highest BCUT2D eigenvalue weighted by molar-refractivity contribution is 7.09. The van der Waals surface area contributed by atoms with Gasteiger partial charge in [-0.05, 0) is 39.3 Å². The first-order valence-corrected chi connectivity index (χ1v) is 8.02. The monoisotopic (exact) mass is 265 g/mol. The highest BCUT2D eigenvalue weighted by Crippen LogP contribution is 2.32. The average molecular weight is 265 g/mol. The van der Waals surface area contributed by atoms with Crippen molar-refractivity contribution in [2.45, 2.75) is 51.1 Å². The summed E-state index contributed by atoms with van der Waals surface area (Å²) in [6, 6.07) is 0. The molecule has 1 saturated heterocycles. The molecule has 4 heteroatoms. The van der Waals surface area contributed by atoms with Crippen LogP contribution in [0, 0.1) is 6.92 Å². The Labute approximate surface area is 114 Å². The van der Waals surface area contributed by atoms with Crippen LogP contribution in [0.15, 0.2) is 5.38 Å². The second kappa shape index (κ2) is 5.27. The summed E-state index contributed by atoms with van der Waals surface area (Å²) in [5.74, 6) is 0. The first kappa shape index (κ1) is 12.6. The van der Waals surface area contributed by atoms with E-state index in [-0.39, 0.29) is 0 Å². The summed E-state index contributed by atoms with van der Waals surface area (Å²) in [6.45, 7) is 6.75. The molecule has 0 amide bonds. The lowest BCUT2D eigenvalue weighted by Crippen LogP contribution is -2.49. The molecule has 1 aromatic heterocycles. The summed E-state index contributed by atoms with van der Waals surface area (Å²) >= 11 is 1.81. The minimum Gasteiger partial charge on any atom is -0.310 e. The zero-order valence-electron chi connectivity index (χ0n) is 11.2. The fourth-order valence-corrected chi connectivity index (χ4v) is 4.22. The van der Waals surface area contributed by atoms with E-state index in [1.165, 1.54) is 62.4 Å². The van der Waals surface area contributed by atoms with Gasteiger partial charge < -0.3 is 5.32 Å². The van der Waals surface area contributed by atoms with Gasteiger partial charge >= 0.3 is 0 Å². The van der Waals surface area contributed by atoms with Crippen molar-refractivity contribution >= 4 is 11.3 Å². The Kier molecular flexibility index (Phi) is 3.68. The second-order valence-corrected chi connectivity index (χ2v) is 6.80. The van der Waals surface area contributed by atoms with Gasteiger partial charge in [0.25, 0.3) is 0 Å². The Morgan fingerprint density at radius 3 is 2.94 bits per heavy atom. The Balaban J connectivity index is 1.67. The van der Waals surface area contributed by atoms with E-state index in [0.717, 1.165) is 6.54 Å². The molecule has 3 nitrogen and oxygen atoms in total. The Bertz CT molecular complexity index is 395. The predicted octanol–water partition coefficient (Wildman–Crippen LogP) is 2.56. The molecular weight excluding hydrogens is 242 g/mol. The van der Waals surface area contributed by atoms with E-state index in [4.69, 9.17) is 0 Å². The first-order valence-electron chi connectivity index (χ1n) is 7.14. The number of aryl methyl sites for hydroxylation is 1. The Hall–Kier alpha value is -0.450. The molecular formula is C14H23N3S. The third-order valence-corrected chi connectivity index (χ3v) is 5.21. The van der Waals surface area contributed by atoms with E-state index in [9.17, 15) is 0 Å². The van der Waals surface area contributed by atoms with Gasteiger partial charge in [-0.2, -0.15) is 0 Å². The third kappa shape index (κ3) is 2.76. The van der Waals surface area contributed by atoms with Crippen molar-refractivity contribution in [1.29, 1.82) is 0 Å². The average Bonchev–Trinajstić information content (AvgIpc) is 2.89. The third-order valence-electron chi connectivity index (χ3n) is 4.26. The molecule has 18 heavy (non-hydrogen) atoms. The van der Waals surface area contributed by atoms with Crippen LogP contribution < -0.4 is 5.32 Å². The quantitative estimate of drug-likeness (QED) is 0.891. The summed E-state index contributed by atoms with van der Waals surface area (Å²) in [5.41, 5.74) is 1.58. The van der Waals surface area contributed by atoms with Crippen molar-refractivity contribution in [1.82, 2.24) is 15.2 Å². The standard InChI is InChI=1S/C14H23N3S/c1-12-10-18-13(16-12)9-17-8-4-7-15-14(11-17)5-2-3-6-14/h10,15H,2-9,11H2,1H3. The highest BCUT2D eigenvalue weighted by atomic mass is 32.1. The number of thiazole rings is 1. The molecule has 1 aromatic rings. The smallest absolute Gasteiger partial charge is 0.107 e. The lowest BCUT2D eigenvalue weighted by molar-refractivity contribution is 0.203. The normalized spacial score (nSPS) is 24.5. The first-order chi connectivity index (χ1) is 8.76. The van der Waals surface area contributed by atoms with Crippen molar-refractivity contribution in [3.05, 3.63) is 16.1 Å². The number of hydrogen-bond acceptors (Lipinski definition) is 4. The van der Waals surface area contributed by atoms with Crippen LogP contribution in [0.5, 0.6) is 0 Å². The molecule has 0 unspecified atom stereocenters. The predicted molar refractivity (Wildman–Crippen MR) is 75.9 cm³/mol. The molecule has 0 radical (unpaired) electrons. The molecule has 1 N–H and O–H groups in total. The zero-order valence-corrected chi connectivity index (χ0v) is 12.1. The van der Waals surface area contributed by atoms with Crippen molar-refractivity contribution in [2.24, 2.45) is 0 Å². The summed E-state index contributed by atoms with van der Waals surface area (Å²) < 4.78 is 0. The van der Waals surface area contributed by atoms with Crippen LogP contribution in [0.25, 0.3) is 0 Å². The number of nitrogens with zero attached hydrogens (tertiary/aromatic N) is 2. The SMILES string of the molecule is Cc1csc(CN2CCCNC3(CCCC3)C2)n1. The van der Waals surface area contributed by atoms with Crippen molar-refractivity contribution in [3.63, 3.8) is 0 Å². The maximum Gasteiger partial charge on any atom is 0.107 e. The molecule has 3 rings (SSSR count). The molecule has 100 valence electrons. The molecule has 2 aliphatic rings. The van der Waals surface area contributed by atoms with Gasteiger partial charge in [-0.3, -0.25) is 4.90 Å². The lowest BCUT2D eigenvalue weighted by Gasteiger charge is -2.33. The summed E-state index contributed by atoms with van der Waals surface area (Å²) in [7, 11) is 0. The van der Waals surface area contributed by atoms with Crippen LogP contribution >= 0.6 is 11.3 Å². The number of rotatable bonds is 2. The van der Waals surface area contributed by atoms with Gasteiger partial charge in [0.1, 0.15) is 5.01 Å². The van der Waals surface area contributed by atoms with E-state index in [0.29, 0.717) is 5.54 Å². The molecule has 0 aromatic carbocycles. The fraction of sp³-hybridized carbons (Fsp3) is 0.786. The zero-order chi connectivity index (χ0) is 12.4. The van der Waals surface area contributed by atoms with Crippen LogP contribution in [0.2, 0.25) is 0 Å². The lowest BCUT2D eigenvalue weighted by atomic mass is 9.97. The van der Waals surface area contributed by atoms with Gasteiger partial charge in [0.15, 0.2) is 0 Å². The second-order valence-electron chi connectivity index (χ2n) is 5.86. The molecule has 2 fully saturated rings. The Morgan fingerprint density at radius 2 is 2.22 bits per heavy atom. The molecule has 2 heterocycles.